The quantitative estimate of drug-likeness (QED) is 0.903. The number of para-hydroxylation sites is 1. The summed E-state index contributed by atoms with van der Waals surface area (Å²) in [4.78, 5) is 6.61. The van der Waals surface area contributed by atoms with Crippen molar-refractivity contribution in [3.05, 3.63) is 66.5 Å². The molecule has 0 bridgehead atoms. The second kappa shape index (κ2) is 5.21. The number of aromatic nitrogens is 1. The van der Waals surface area contributed by atoms with E-state index in [-0.39, 0.29) is 11.8 Å². The van der Waals surface area contributed by atoms with E-state index in [2.05, 4.69) is 22.0 Å². The molecule has 0 fully saturated rings. The maximum absolute atomic E-state index is 9.84. The van der Waals surface area contributed by atoms with E-state index in [4.69, 9.17) is 0 Å². The fraction of sp³-hybridized carbons (Fsp3) is 0.118. The lowest BCUT2D eigenvalue weighted by atomic mass is 10.1. The minimum Gasteiger partial charge on any atom is -0.506 e. The van der Waals surface area contributed by atoms with E-state index in [1.807, 2.05) is 55.7 Å². The first-order chi connectivity index (χ1) is 9.74. The van der Waals surface area contributed by atoms with Crippen molar-refractivity contribution in [1.82, 2.24) is 9.88 Å². The van der Waals surface area contributed by atoms with Crippen molar-refractivity contribution in [2.45, 2.75) is 6.04 Å². The van der Waals surface area contributed by atoms with E-state index < -0.39 is 0 Å². The fourth-order valence-electron chi connectivity index (χ4n) is 2.24. The van der Waals surface area contributed by atoms with Crippen LogP contribution in [0.3, 0.4) is 0 Å². The Bertz CT molecular complexity index is 716. The van der Waals surface area contributed by atoms with Crippen LogP contribution < -0.4 is 0 Å². The lowest BCUT2D eigenvalue weighted by Crippen LogP contribution is -2.24. The lowest BCUT2D eigenvalue weighted by Gasteiger charge is -2.23. The first-order valence-corrected chi connectivity index (χ1v) is 6.58. The second-order valence-corrected chi connectivity index (χ2v) is 4.83. The van der Waals surface area contributed by atoms with Gasteiger partial charge in [0.15, 0.2) is 0 Å². The first-order valence-electron chi connectivity index (χ1n) is 6.58. The molecular weight excluding hydrogens is 248 g/mol. The van der Waals surface area contributed by atoms with Crippen molar-refractivity contribution < 1.29 is 5.11 Å². The Hall–Kier alpha value is -2.55. The summed E-state index contributed by atoms with van der Waals surface area (Å²) in [6, 6.07) is 9.59. The number of fused-ring (bicyclic) bond motifs is 1. The monoisotopic (exact) mass is 264 g/mol. The van der Waals surface area contributed by atoms with Gasteiger partial charge >= 0.3 is 0 Å². The second-order valence-electron chi connectivity index (χ2n) is 4.83. The van der Waals surface area contributed by atoms with Crippen LogP contribution in [-0.2, 0) is 0 Å². The van der Waals surface area contributed by atoms with Gasteiger partial charge in [-0.2, -0.15) is 0 Å². The summed E-state index contributed by atoms with van der Waals surface area (Å²) in [5.74, 6) is 0.218. The molecule has 0 aliphatic carbocycles. The summed E-state index contributed by atoms with van der Waals surface area (Å²) in [5, 5.41) is 10.8. The van der Waals surface area contributed by atoms with Gasteiger partial charge in [0, 0.05) is 12.4 Å². The van der Waals surface area contributed by atoms with Crippen LogP contribution in [-0.4, -0.2) is 28.1 Å². The first kappa shape index (κ1) is 12.5. The molecule has 0 saturated carbocycles. The van der Waals surface area contributed by atoms with Gasteiger partial charge < -0.3 is 10.0 Å². The summed E-state index contributed by atoms with van der Waals surface area (Å²) in [6.07, 6.45) is 12.3. The number of hydrogen-bond acceptors (Lipinski definition) is 3. The Morgan fingerprint density at radius 3 is 2.95 bits per heavy atom. The summed E-state index contributed by atoms with van der Waals surface area (Å²) < 4.78 is 0. The van der Waals surface area contributed by atoms with Gasteiger partial charge in [-0.25, -0.2) is 4.98 Å². The van der Waals surface area contributed by atoms with Crippen LogP contribution in [0.5, 0.6) is 5.75 Å². The molecule has 1 N–H and O–H groups in total. The highest BCUT2D eigenvalue weighted by molar-refractivity contribution is 5.85. The van der Waals surface area contributed by atoms with Gasteiger partial charge in [-0.15, -0.1) is 0 Å². The molecule has 100 valence electrons. The number of phenolic OH excluding ortho intramolecular Hbond substituents is 1. The minimum atomic E-state index is 0.218. The van der Waals surface area contributed by atoms with E-state index in [0.717, 1.165) is 11.1 Å². The molecule has 1 aliphatic rings. The topological polar surface area (TPSA) is 36.4 Å². The molecule has 1 atom stereocenters. The number of aromatic hydroxyl groups is 1. The van der Waals surface area contributed by atoms with Gasteiger partial charge in [-0.05, 0) is 30.5 Å². The fourth-order valence-corrected chi connectivity index (χ4v) is 2.24. The van der Waals surface area contributed by atoms with Gasteiger partial charge in [0.1, 0.15) is 11.3 Å². The summed E-state index contributed by atoms with van der Waals surface area (Å²) >= 11 is 0. The molecule has 3 nitrogen and oxygen atoms in total. The SMILES string of the molecule is CN1C=CC=CC1/C=C/c1ccc2cccc(O)c2n1. The molecule has 0 radical (unpaired) electrons. The summed E-state index contributed by atoms with van der Waals surface area (Å²) in [6.45, 7) is 0. The van der Waals surface area contributed by atoms with Gasteiger partial charge in [0.05, 0.1) is 11.7 Å². The van der Waals surface area contributed by atoms with Gasteiger partial charge in [0.2, 0.25) is 0 Å². The summed E-state index contributed by atoms with van der Waals surface area (Å²) in [5.41, 5.74) is 1.48. The Kier molecular flexibility index (Phi) is 3.25. The molecule has 1 aromatic carbocycles. The zero-order valence-corrected chi connectivity index (χ0v) is 11.3. The molecule has 0 amide bonds. The highest BCUT2D eigenvalue weighted by Crippen LogP contribution is 2.22. The largest absolute Gasteiger partial charge is 0.506 e. The Labute approximate surface area is 118 Å². The molecule has 20 heavy (non-hydrogen) atoms. The number of benzene rings is 1. The predicted octanol–water partition coefficient (Wildman–Crippen LogP) is 3.34. The van der Waals surface area contributed by atoms with Crippen molar-refractivity contribution in [2.75, 3.05) is 7.05 Å². The average molecular weight is 264 g/mol. The van der Waals surface area contributed by atoms with Crippen LogP contribution in [0, 0.1) is 0 Å². The number of hydrogen-bond donors (Lipinski definition) is 1. The molecule has 1 unspecified atom stereocenters. The summed E-state index contributed by atoms with van der Waals surface area (Å²) in [7, 11) is 2.04. The average Bonchev–Trinajstić information content (AvgIpc) is 2.47. The molecule has 2 aromatic rings. The van der Waals surface area contributed by atoms with Crippen LogP contribution in [0.15, 0.2) is 60.8 Å². The Morgan fingerprint density at radius 2 is 2.10 bits per heavy atom. The van der Waals surface area contributed by atoms with Crippen molar-refractivity contribution in [2.24, 2.45) is 0 Å². The molecule has 1 aliphatic heterocycles. The standard InChI is InChI=1S/C17H16N2O/c1-19-12-3-2-6-15(19)11-10-14-9-8-13-5-4-7-16(20)17(13)18-14/h2-12,15,20H,1H3/b11-10+. The van der Waals surface area contributed by atoms with E-state index >= 15 is 0 Å². The van der Waals surface area contributed by atoms with Crippen molar-refractivity contribution in [1.29, 1.82) is 0 Å². The molecule has 1 aromatic heterocycles. The number of allylic oxidation sites excluding steroid dienone is 2. The molecule has 3 rings (SSSR count). The van der Waals surface area contributed by atoms with E-state index in [9.17, 15) is 5.11 Å². The highest BCUT2D eigenvalue weighted by atomic mass is 16.3. The Balaban J connectivity index is 1.89. The smallest absolute Gasteiger partial charge is 0.141 e. The molecule has 0 saturated heterocycles. The third kappa shape index (κ3) is 2.43. The van der Waals surface area contributed by atoms with E-state index in [0.29, 0.717) is 5.52 Å². The van der Waals surface area contributed by atoms with Gasteiger partial charge in [-0.3, -0.25) is 0 Å². The number of phenols is 1. The minimum absolute atomic E-state index is 0.218. The number of rotatable bonds is 2. The predicted molar refractivity (Wildman–Crippen MR) is 82.3 cm³/mol. The van der Waals surface area contributed by atoms with Crippen molar-refractivity contribution in [3.8, 4) is 5.75 Å². The van der Waals surface area contributed by atoms with Gasteiger partial charge in [0.25, 0.3) is 0 Å². The molecular formula is C17H16N2O. The van der Waals surface area contributed by atoms with Crippen LogP contribution >= 0.6 is 0 Å². The number of nitrogens with zero attached hydrogens (tertiary/aromatic N) is 2. The maximum Gasteiger partial charge on any atom is 0.141 e. The normalized spacial score (nSPS) is 18.2. The molecule has 3 heteroatoms. The lowest BCUT2D eigenvalue weighted by molar-refractivity contribution is 0.434. The van der Waals surface area contributed by atoms with Crippen LogP contribution in [0.2, 0.25) is 0 Å². The number of likely N-dealkylation sites (N-methyl/N-ethyl adjacent to an activating group) is 1. The third-order valence-corrected chi connectivity index (χ3v) is 3.40. The van der Waals surface area contributed by atoms with Crippen molar-refractivity contribution in [3.63, 3.8) is 0 Å². The molecule has 2 heterocycles. The maximum atomic E-state index is 9.84. The van der Waals surface area contributed by atoms with Crippen molar-refractivity contribution >= 4 is 17.0 Å². The van der Waals surface area contributed by atoms with Crippen LogP contribution in [0.1, 0.15) is 5.69 Å². The van der Waals surface area contributed by atoms with E-state index in [1.165, 1.54) is 0 Å². The Morgan fingerprint density at radius 1 is 1.20 bits per heavy atom. The third-order valence-electron chi connectivity index (χ3n) is 3.40. The zero-order valence-electron chi connectivity index (χ0n) is 11.3. The zero-order chi connectivity index (χ0) is 13.9. The van der Waals surface area contributed by atoms with Crippen LogP contribution in [0.4, 0.5) is 0 Å². The molecule has 0 spiro atoms. The van der Waals surface area contributed by atoms with Crippen LogP contribution in [0.25, 0.3) is 17.0 Å². The highest BCUT2D eigenvalue weighted by Gasteiger charge is 2.06. The van der Waals surface area contributed by atoms with Gasteiger partial charge in [-0.1, -0.05) is 36.4 Å². The number of pyridine rings is 1. The van der Waals surface area contributed by atoms with E-state index in [1.54, 1.807) is 6.07 Å².